The van der Waals surface area contributed by atoms with Crippen molar-refractivity contribution in [3.8, 4) is 0 Å². The van der Waals surface area contributed by atoms with Gasteiger partial charge in [-0.3, -0.25) is 0 Å². The van der Waals surface area contributed by atoms with Crippen molar-refractivity contribution in [2.24, 2.45) is 0 Å². The molecular formula is C17H14Br2O. The Hall–Kier alpha value is -0.900. The molecule has 102 valence electrons. The van der Waals surface area contributed by atoms with Crippen LogP contribution in [0.25, 0.3) is 6.08 Å². The van der Waals surface area contributed by atoms with Crippen molar-refractivity contribution in [1.82, 2.24) is 0 Å². The Kier molecular flexibility index (Phi) is 3.85. The Morgan fingerprint density at radius 1 is 1.00 bits per heavy atom. The van der Waals surface area contributed by atoms with E-state index in [9.17, 15) is 5.11 Å². The Morgan fingerprint density at radius 2 is 1.65 bits per heavy atom. The minimum Gasteiger partial charge on any atom is -0.387 e. The lowest BCUT2D eigenvalue weighted by Gasteiger charge is -2.26. The van der Waals surface area contributed by atoms with Crippen molar-refractivity contribution < 1.29 is 5.11 Å². The predicted octanol–water partition coefficient (Wildman–Crippen LogP) is 5.36. The average Bonchev–Trinajstić information content (AvgIpc) is 2.43. The molecule has 1 nitrogen and oxygen atoms in total. The molecular weight excluding hydrogens is 380 g/mol. The molecule has 0 heterocycles. The van der Waals surface area contributed by atoms with E-state index in [2.05, 4.69) is 75.2 Å². The molecule has 0 amide bonds. The first-order valence-corrected chi connectivity index (χ1v) is 8.06. The summed E-state index contributed by atoms with van der Waals surface area (Å²) < 4.78 is 1.97. The van der Waals surface area contributed by atoms with E-state index < -0.39 is 6.10 Å². The van der Waals surface area contributed by atoms with E-state index in [0.717, 1.165) is 25.6 Å². The van der Waals surface area contributed by atoms with Crippen molar-refractivity contribution in [3.63, 3.8) is 0 Å². The van der Waals surface area contributed by atoms with E-state index in [1.165, 1.54) is 5.56 Å². The van der Waals surface area contributed by atoms with Gasteiger partial charge in [-0.15, -0.1) is 0 Å². The third kappa shape index (κ3) is 2.50. The minimum absolute atomic E-state index is 0.0103. The third-order valence-corrected chi connectivity index (χ3v) is 5.57. The number of fused-ring (bicyclic) bond motifs is 1. The number of halogens is 2. The standard InChI is InChI=1S/C17H14Br2O/c1-10-2-4-11(5-3-10)13-7-6-12-8-15(18)16(19)9-14(12)17(13)20/h2-9,13,17,20H,1H3/t13-,17-/m0/s1. The van der Waals surface area contributed by atoms with E-state index in [1.807, 2.05) is 12.1 Å². The van der Waals surface area contributed by atoms with Gasteiger partial charge < -0.3 is 5.11 Å². The minimum atomic E-state index is -0.512. The smallest absolute Gasteiger partial charge is 0.0899 e. The van der Waals surface area contributed by atoms with E-state index in [4.69, 9.17) is 0 Å². The van der Waals surface area contributed by atoms with Crippen molar-refractivity contribution in [3.05, 3.63) is 73.7 Å². The van der Waals surface area contributed by atoms with Crippen LogP contribution < -0.4 is 0 Å². The monoisotopic (exact) mass is 392 g/mol. The molecule has 1 aliphatic carbocycles. The molecule has 0 aliphatic heterocycles. The third-order valence-electron chi connectivity index (χ3n) is 3.73. The van der Waals surface area contributed by atoms with Crippen molar-refractivity contribution in [2.75, 3.05) is 0 Å². The Morgan fingerprint density at radius 3 is 2.35 bits per heavy atom. The highest BCUT2D eigenvalue weighted by atomic mass is 79.9. The lowest BCUT2D eigenvalue weighted by molar-refractivity contribution is 0.160. The lowest BCUT2D eigenvalue weighted by atomic mass is 9.82. The van der Waals surface area contributed by atoms with Crippen molar-refractivity contribution in [1.29, 1.82) is 0 Å². The van der Waals surface area contributed by atoms with Gasteiger partial charge in [0.2, 0.25) is 0 Å². The molecule has 0 fully saturated rings. The maximum atomic E-state index is 10.7. The first-order valence-electron chi connectivity index (χ1n) is 6.48. The summed E-state index contributed by atoms with van der Waals surface area (Å²) in [5.74, 6) is 0.0103. The molecule has 20 heavy (non-hydrogen) atoms. The van der Waals surface area contributed by atoms with Crippen molar-refractivity contribution in [2.45, 2.75) is 18.9 Å². The van der Waals surface area contributed by atoms with E-state index in [1.54, 1.807) is 0 Å². The first kappa shape index (κ1) is 14.1. The lowest BCUT2D eigenvalue weighted by Crippen LogP contribution is -2.13. The molecule has 0 aromatic heterocycles. The zero-order valence-corrected chi connectivity index (χ0v) is 14.1. The van der Waals surface area contributed by atoms with E-state index in [0.29, 0.717) is 0 Å². The SMILES string of the molecule is Cc1ccc([C@@H]2C=Cc3cc(Br)c(Br)cc3[C@H]2O)cc1. The largest absolute Gasteiger partial charge is 0.387 e. The maximum Gasteiger partial charge on any atom is 0.0899 e. The van der Waals surface area contributed by atoms with Gasteiger partial charge in [-0.25, -0.2) is 0 Å². The second kappa shape index (κ2) is 5.47. The van der Waals surface area contributed by atoms with Gasteiger partial charge >= 0.3 is 0 Å². The molecule has 0 saturated carbocycles. The van der Waals surface area contributed by atoms with Crippen LogP contribution in [0.2, 0.25) is 0 Å². The molecule has 0 spiro atoms. The van der Waals surface area contributed by atoms with E-state index >= 15 is 0 Å². The summed E-state index contributed by atoms with van der Waals surface area (Å²) in [6, 6.07) is 12.4. The second-order valence-corrected chi connectivity index (χ2v) is 6.84. The fraction of sp³-hybridized carbons (Fsp3) is 0.176. The normalized spacial score (nSPS) is 20.8. The van der Waals surface area contributed by atoms with Gasteiger partial charge in [0.25, 0.3) is 0 Å². The van der Waals surface area contributed by atoms with Gasteiger partial charge in [0.15, 0.2) is 0 Å². The summed E-state index contributed by atoms with van der Waals surface area (Å²) in [6.45, 7) is 2.07. The van der Waals surface area contributed by atoms with Crippen LogP contribution in [-0.2, 0) is 0 Å². The summed E-state index contributed by atoms with van der Waals surface area (Å²) in [4.78, 5) is 0. The summed E-state index contributed by atoms with van der Waals surface area (Å²) in [7, 11) is 0. The second-order valence-electron chi connectivity index (χ2n) is 5.14. The van der Waals surface area contributed by atoms with E-state index in [-0.39, 0.29) is 5.92 Å². The molecule has 0 unspecified atom stereocenters. The molecule has 2 aromatic carbocycles. The molecule has 0 radical (unpaired) electrons. The van der Waals surface area contributed by atoms with Gasteiger partial charge in [0.05, 0.1) is 6.10 Å². The van der Waals surface area contributed by atoms with Gasteiger partial charge in [-0.1, -0.05) is 42.0 Å². The molecule has 2 aromatic rings. The predicted molar refractivity (Wildman–Crippen MR) is 89.8 cm³/mol. The van der Waals surface area contributed by atoms with Crippen LogP contribution in [0.1, 0.15) is 34.3 Å². The zero-order valence-electron chi connectivity index (χ0n) is 11.0. The Bertz CT molecular complexity index is 674. The fourth-order valence-electron chi connectivity index (χ4n) is 2.57. The maximum absolute atomic E-state index is 10.7. The quantitative estimate of drug-likeness (QED) is 0.690. The topological polar surface area (TPSA) is 20.2 Å². The highest BCUT2D eigenvalue weighted by Gasteiger charge is 2.26. The van der Waals surface area contributed by atoms with Crippen molar-refractivity contribution >= 4 is 37.9 Å². The molecule has 1 aliphatic rings. The van der Waals surface area contributed by atoms with Gasteiger partial charge in [-0.05, 0) is 67.6 Å². The highest BCUT2D eigenvalue weighted by molar-refractivity contribution is 9.13. The number of aliphatic hydroxyl groups is 1. The number of rotatable bonds is 1. The number of aryl methyl sites for hydroxylation is 1. The summed E-state index contributed by atoms with van der Waals surface area (Å²) in [5, 5.41) is 10.7. The Balaban J connectivity index is 2.03. The number of hydrogen-bond donors (Lipinski definition) is 1. The molecule has 3 rings (SSSR count). The van der Waals surface area contributed by atoms with Crippen LogP contribution in [0.5, 0.6) is 0 Å². The molecule has 2 atom stereocenters. The Labute approximate surface area is 135 Å². The summed E-state index contributed by atoms with van der Waals surface area (Å²) >= 11 is 7.01. The first-order chi connectivity index (χ1) is 9.56. The summed E-state index contributed by atoms with van der Waals surface area (Å²) in [6.07, 6.45) is 3.66. The van der Waals surface area contributed by atoms with Gasteiger partial charge in [0.1, 0.15) is 0 Å². The summed E-state index contributed by atoms with van der Waals surface area (Å²) in [5.41, 5.74) is 4.41. The van der Waals surface area contributed by atoms with Crippen LogP contribution in [0.15, 0.2) is 51.4 Å². The number of benzene rings is 2. The average molecular weight is 394 g/mol. The number of hydrogen-bond acceptors (Lipinski definition) is 1. The van der Waals surface area contributed by atoms with Crippen LogP contribution in [0.3, 0.4) is 0 Å². The fourth-order valence-corrected chi connectivity index (χ4v) is 3.29. The number of aliphatic hydroxyl groups excluding tert-OH is 1. The van der Waals surface area contributed by atoms with Crippen LogP contribution in [-0.4, -0.2) is 5.11 Å². The molecule has 1 N–H and O–H groups in total. The highest BCUT2D eigenvalue weighted by Crippen LogP contribution is 2.41. The molecule has 3 heteroatoms. The van der Waals surface area contributed by atoms with Crippen LogP contribution in [0, 0.1) is 6.92 Å². The van der Waals surface area contributed by atoms with Crippen LogP contribution in [0.4, 0.5) is 0 Å². The van der Waals surface area contributed by atoms with Gasteiger partial charge in [0, 0.05) is 14.9 Å². The molecule has 0 saturated heterocycles. The molecule has 0 bridgehead atoms. The zero-order chi connectivity index (χ0) is 14.3. The van der Waals surface area contributed by atoms with Crippen LogP contribution >= 0.6 is 31.9 Å². The van der Waals surface area contributed by atoms with Gasteiger partial charge in [-0.2, -0.15) is 0 Å².